The van der Waals surface area contributed by atoms with Gasteiger partial charge in [0.25, 0.3) is 0 Å². The molecule has 1 aromatic carbocycles. The summed E-state index contributed by atoms with van der Waals surface area (Å²) in [5.74, 6) is 0.147. The number of unbranched alkanes of at least 4 members (excludes halogenated alkanes) is 2. The average Bonchev–Trinajstić information content (AvgIpc) is 2.74. The van der Waals surface area contributed by atoms with E-state index >= 15 is 0 Å². The molecule has 0 aromatic heterocycles. The second kappa shape index (κ2) is 11.4. The molecule has 1 heterocycles. The van der Waals surface area contributed by atoms with Crippen molar-refractivity contribution >= 4 is 14.8 Å². The molecule has 3 nitrogen and oxygen atoms in total. The van der Waals surface area contributed by atoms with Crippen molar-refractivity contribution in [3.05, 3.63) is 29.8 Å². The molecule has 31 heavy (non-hydrogen) atoms. The van der Waals surface area contributed by atoms with E-state index in [4.69, 9.17) is 4.74 Å². The molecule has 3 rings (SSSR count). The van der Waals surface area contributed by atoms with Crippen LogP contribution in [0.15, 0.2) is 24.3 Å². The van der Waals surface area contributed by atoms with Gasteiger partial charge < -0.3 is 9.47 Å². The number of halogens is 3. The first kappa shape index (κ1) is 24.1. The summed E-state index contributed by atoms with van der Waals surface area (Å²) >= 11 is 0. The van der Waals surface area contributed by atoms with Gasteiger partial charge in [-0.3, -0.25) is 0 Å². The van der Waals surface area contributed by atoms with Gasteiger partial charge in [0.05, 0.1) is 5.56 Å². The zero-order chi connectivity index (χ0) is 22.3. The molecule has 0 radical (unpaired) electrons. The van der Waals surface area contributed by atoms with E-state index in [1.165, 1.54) is 75.6 Å². The van der Waals surface area contributed by atoms with Gasteiger partial charge >= 0.3 is 12.3 Å². The van der Waals surface area contributed by atoms with Gasteiger partial charge in [0.1, 0.15) is 11.9 Å². The van der Waals surface area contributed by atoms with E-state index in [9.17, 15) is 18.0 Å². The number of rotatable bonds is 8. The zero-order valence-electron chi connectivity index (χ0n) is 18.5. The van der Waals surface area contributed by atoms with E-state index in [-0.39, 0.29) is 17.4 Å². The van der Waals surface area contributed by atoms with Crippen molar-refractivity contribution in [1.29, 1.82) is 0 Å². The Hall–Kier alpha value is -1.50. The van der Waals surface area contributed by atoms with Crippen LogP contribution in [0.5, 0.6) is 5.75 Å². The van der Waals surface area contributed by atoms with Crippen LogP contribution in [-0.4, -0.2) is 27.2 Å². The van der Waals surface area contributed by atoms with Crippen LogP contribution in [0.4, 0.5) is 13.2 Å². The van der Waals surface area contributed by atoms with Gasteiger partial charge in [-0.2, -0.15) is 0 Å². The average molecular weight is 457 g/mol. The quantitative estimate of drug-likeness (QED) is 0.234. The van der Waals surface area contributed by atoms with Crippen molar-refractivity contribution in [3.8, 4) is 5.75 Å². The summed E-state index contributed by atoms with van der Waals surface area (Å²) in [5, 5.41) is 0. The van der Waals surface area contributed by atoms with Crippen LogP contribution >= 0.6 is 0 Å². The minimum absolute atomic E-state index is 0.0623. The molecular weight excluding hydrogens is 421 g/mol. The fraction of sp³-hybridized carbons (Fsp3) is 0.708. The lowest BCUT2D eigenvalue weighted by Crippen LogP contribution is -2.33. The number of carbonyl (C=O) groups excluding carboxylic acids is 1. The van der Waals surface area contributed by atoms with E-state index in [1.807, 2.05) is 0 Å². The Kier molecular flexibility index (Phi) is 8.87. The highest BCUT2D eigenvalue weighted by molar-refractivity contribution is 6.60. The SMILES string of the molecule is CCCCCC1CCC([SiH]2CCC(OC(=O)c3ccc(OC(F)(F)F)cc3)CC2)CC1. The molecule has 1 aliphatic carbocycles. The summed E-state index contributed by atoms with van der Waals surface area (Å²) in [6.07, 6.45) is 8.17. The molecule has 0 unspecified atom stereocenters. The smallest absolute Gasteiger partial charge is 0.459 e. The second-order valence-electron chi connectivity index (χ2n) is 9.29. The number of hydrogen-bond donors (Lipinski definition) is 0. The Balaban J connectivity index is 1.38. The fourth-order valence-corrected chi connectivity index (χ4v) is 9.48. The first-order chi connectivity index (χ1) is 14.8. The van der Waals surface area contributed by atoms with Crippen LogP contribution < -0.4 is 4.74 Å². The summed E-state index contributed by atoms with van der Waals surface area (Å²) < 4.78 is 46.2. The maximum Gasteiger partial charge on any atom is 0.573 e. The lowest BCUT2D eigenvalue weighted by molar-refractivity contribution is -0.274. The minimum Gasteiger partial charge on any atom is -0.459 e. The van der Waals surface area contributed by atoms with Gasteiger partial charge in [-0.05, 0) is 48.6 Å². The summed E-state index contributed by atoms with van der Waals surface area (Å²) in [6, 6.07) is 7.41. The third-order valence-corrected chi connectivity index (χ3v) is 11.2. The lowest BCUT2D eigenvalue weighted by atomic mass is 9.85. The Morgan fingerprint density at radius 3 is 2.23 bits per heavy atom. The van der Waals surface area contributed by atoms with Crippen LogP contribution in [0.3, 0.4) is 0 Å². The van der Waals surface area contributed by atoms with Crippen molar-refractivity contribution in [3.63, 3.8) is 0 Å². The van der Waals surface area contributed by atoms with Gasteiger partial charge in [0.2, 0.25) is 0 Å². The predicted octanol–water partition coefficient (Wildman–Crippen LogP) is 7.27. The van der Waals surface area contributed by atoms with Crippen LogP contribution in [0.2, 0.25) is 17.6 Å². The molecule has 1 saturated heterocycles. The Bertz CT molecular complexity index is 676. The molecular formula is C24H35F3O3Si. The first-order valence-electron chi connectivity index (χ1n) is 11.9. The molecule has 1 saturated carbocycles. The van der Waals surface area contributed by atoms with Crippen molar-refractivity contribution in [2.45, 2.75) is 101 Å². The van der Waals surface area contributed by atoms with E-state index in [2.05, 4.69) is 11.7 Å². The summed E-state index contributed by atoms with van der Waals surface area (Å²) in [5.41, 5.74) is 1.22. The minimum atomic E-state index is -4.74. The van der Waals surface area contributed by atoms with E-state index in [1.54, 1.807) is 0 Å². The van der Waals surface area contributed by atoms with Gasteiger partial charge in [0, 0.05) is 8.80 Å². The Labute approximate surface area is 185 Å². The number of esters is 1. The largest absolute Gasteiger partial charge is 0.573 e. The molecule has 2 fully saturated rings. The maximum absolute atomic E-state index is 12.4. The van der Waals surface area contributed by atoms with Gasteiger partial charge in [-0.1, -0.05) is 70.4 Å². The molecule has 0 atom stereocenters. The molecule has 0 bridgehead atoms. The highest BCUT2D eigenvalue weighted by Gasteiger charge is 2.33. The van der Waals surface area contributed by atoms with Crippen LogP contribution in [-0.2, 0) is 4.74 Å². The normalized spacial score (nSPS) is 27.0. The molecule has 1 aromatic rings. The fourth-order valence-electron chi connectivity index (χ4n) is 5.32. The highest BCUT2D eigenvalue weighted by atomic mass is 28.3. The molecule has 7 heteroatoms. The molecule has 0 amide bonds. The maximum atomic E-state index is 12.4. The topological polar surface area (TPSA) is 35.5 Å². The Morgan fingerprint density at radius 2 is 1.65 bits per heavy atom. The van der Waals surface area contributed by atoms with Crippen LogP contribution in [0.1, 0.15) is 81.5 Å². The standard InChI is InChI=1S/C24H35F3O3Si/c1-2-3-4-5-18-6-12-22(13-7-18)31-16-14-20(15-17-31)29-23(28)19-8-10-21(11-9-19)30-24(25,26)27/h8-11,18,20,22,31H,2-7,12-17H2,1H3. The zero-order valence-corrected chi connectivity index (χ0v) is 19.6. The molecule has 0 spiro atoms. The second-order valence-corrected chi connectivity index (χ2v) is 12.9. The van der Waals surface area contributed by atoms with Crippen molar-refractivity contribution in [2.24, 2.45) is 5.92 Å². The molecule has 1 aliphatic heterocycles. The predicted molar refractivity (Wildman–Crippen MR) is 118 cm³/mol. The number of benzene rings is 1. The molecule has 2 aliphatic rings. The van der Waals surface area contributed by atoms with Gasteiger partial charge in [-0.25, -0.2) is 4.79 Å². The third kappa shape index (κ3) is 7.85. The monoisotopic (exact) mass is 456 g/mol. The number of alkyl halides is 3. The van der Waals surface area contributed by atoms with Crippen molar-refractivity contribution in [2.75, 3.05) is 0 Å². The Morgan fingerprint density at radius 1 is 1.00 bits per heavy atom. The summed E-state index contributed by atoms with van der Waals surface area (Å²) in [6.45, 7) is 2.26. The lowest BCUT2D eigenvalue weighted by Gasteiger charge is -2.37. The summed E-state index contributed by atoms with van der Waals surface area (Å²) in [4.78, 5) is 12.4. The van der Waals surface area contributed by atoms with Crippen LogP contribution in [0, 0.1) is 5.92 Å². The first-order valence-corrected chi connectivity index (χ1v) is 14.2. The highest BCUT2D eigenvalue weighted by Crippen LogP contribution is 2.41. The number of carbonyl (C=O) groups is 1. The number of ether oxygens (including phenoxy) is 2. The van der Waals surface area contributed by atoms with Crippen molar-refractivity contribution in [1.82, 2.24) is 0 Å². The van der Waals surface area contributed by atoms with E-state index in [0.717, 1.165) is 36.4 Å². The third-order valence-electron chi connectivity index (χ3n) is 7.09. The molecule has 0 N–H and O–H groups in total. The number of hydrogen-bond acceptors (Lipinski definition) is 3. The van der Waals surface area contributed by atoms with Crippen LogP contribution in [0.25, 0.3) is 0 Å². The van der Waals surface area contributed by atoms with Gasteiger partial charge in [-0.15, -0.1) is 13.2 Å². The van der Waals surface area contributed by atoms with Crippen molar-refractivity contribution < 1.29 is 27.4 Å². The molecule has 174 valence electrons. The van der Waals surface area contributed by atoms with E-state index < -0.39 is 21.1 Å². The van der Waals surface area contributed by atoms with Gasteiger partial charge in [0.15, 0.2) is 0 Å². The summed E-state index contributed by atoms with van der Waals surface area (Å²) in [7, 11) is -0.768. The van der Waals surface area contributed by atoms with E-state index in [0.29, 0.717) is 0 Å².